The molecule has 0 radical (unpaired) electrons. The van der Waals surface area contributed by atoms with Crippen LogP contribution in [0.15, 0.2) is 28.9 Å². The molecular weight excluding hydrogens is 247 g/mol. The number of furan rings is 1. The van der Waals surface area contributed by atoms with Crippen molar-refractivity contribution >= 4 is 11.6 Å². The van der Waals surface area contributed by atoms with Gasteiger partial charge in [-0.25, -0.2) is 13.2 Å². The van der Waals surface area contributed by atoms with Gasteiger partial charge in [-0.2, -0.15) is 0 Å². The lowest BCUT2D eigenvalue weighted by molar-refractivity contribution is 0.102. The third-order valence-electron chi connectivity index (χ3n) is 2.39. The number of benzene rings is 1. The van der Waals surface area contributed by atoms with E-state index in [1.807, 2.05) is 0 Å². The number of amides is 1. The van der Waals surface area contributed by atoms with Crippen LogP contribution < -0.4 is 5.32 Å². The molecule has 0 fully saturated rings. The third-order valence-corrected chi connectivity index (χ3v) is 2.39. The van der Waals surface area contributed by atoms with Gasteiger partial charge in [0, 0.05) is 0 Å². The molecule has 0 spiro atoms. The molecule has 0 saturated heterocycles. The Morgan fingerprint density at radius 2 is 1.89 bits per heavy atom. The van der Waals surface area contributed by atoms with E-state index in [2.05, 4.69) is 5.32 Å². The predicted molar refractivity (Wildman–Crippen MR) is 57.7 cm³/mol. The van der Waals surface area contributed by atoms with Crippen LogP contribution in [0.3, 0.4) is 0 Å². The van der Waals surface area contributed by atoms with Crippen molar-refractivity contribution in [1.29, 1.82) is 0 Å². The van der Waals surface area contributed by atoms with E-state index >= 15 is 0 Å². The predicted octanol–water partition coefficient (Wildman–Crippen LogP) is 3.26. The molecule has 0 aliphatic rings. The molecule has 0 atom stereocenters. The Kier molecular flexibility index (Phi) is 3.10. The Bertz CT molecular complexity index is 607. The van der Waals surface area contributed by atoms with Gasteiger partial charge in [-0.1, -0.05) is 0 Å². The number of aryl methyl sites for hydroxylation is 1. The summed E-state index contributed by atoms with van der Waals surface area (Å²) < 4.78 is 43.9. The van der Waals surface area contributed by atoms with E-state index in [0.29, 0.717) is 5.76 Å². The zero-order chi connectivity index (χ0) is 13.3. The molecule has 1 aromatic heterocycles. The lowest BCUT2D eigenvalue weighted by atomic mass is 10.2. The molecule has 1 N–H and O–H groups in total. The Morgan fingerprint density at radius 3 is 2.50 bits per heavy atom. The quantitative estimate of drug-likeness (QED) is 0.837. The van der Waals surface area contributed by atoms with E-state index in [1.165, 1.54) is 12.3 Å². The SMILES string of the molecule is Cc1occc1C(=O)Nc1ccc(F)c(F)c1F. The minimum absolute atomic E-state index is 0.194. The zero-order valence-corrected chi connectivity index (χ0v) is 9.26. The van der Waals surface area contributed by atoms with Gasteiger partial charge in [-0.3, -0.25) is 4.79 Å². The van der Waals surface area contributed by atoms with Gasteiger partial charge in [0.2, 0.25) is 0 Å². The van der Waals surface area contributed by atoms with Crippen molar-refractivity contribution in [3.05, 3.63) is 53.2 Å². The Balaban J connectivity index is 2.28. The van der Waals surface area contributed by atoms with E-state index < -0.39 is 29.0 Å². The number of carbonyl (C=O) groups excluding carboxylic acids is 1. The fraction of sp³-hybridized carbons (Fsp3) is 0.0833. The number of rotatable bonds is 2. The molecule has 18 heavy (non-hydrogen) atoms. The monoisotopic (exact) mass is 255 g/mol. The van der Waals surface area contributed by atoms with Gasteiger partial charge >= 0.3 is 0 Å². The first-order valence-corrected chi connectivity index (χ1v) is 4.99. The highest BCUT2D eigenvalue weighted by atomic mass is 19.2. The maximum atomic E-state index is 13.3. The van der Waals surface area contributed by atoms with Crippen molar-refractivity contribution in [3.8, 4) is 0 Å². The lowest BCUT2D eigenvalue weighted by Crippen LogP contribution is -2.14. The van der Waals surface area contributed by atoms with Crippen LogP contribution in [0.2, 0.25) is 0 Å². The van der Waals surface area contributed by atoms with Crippen molar-refractivity contribution in [2.75, 3.05) is 5.32 Å². The van der Waals surface area contributed by atoms with Crippen LogP contribution in [-0.2, 0) is 0 Å². The van der Waals surface area contributed by atoms with Crippen LogP contribution in [0.1, 0.15) is 16.1 Å². The van der Waals surface area contributed by atoms with Crippen molar-refractivity contribution < 1.29 is 22.4 Å². The molecule has 0 saturated carbocycles. The second-order valence-corrected chi connectivity index (χ2v) is 3.57. The highest BCUT2D eigenvalue weighted by Crippen LogP contribution is 2.21. The van der Waals surface area contributed by atoms with Crippen LogP contribution in [0.25, 0.3) is 0 Å². The molecule has 94 valence electrons. The smallest absolute Gasteiger partial charge is 0.259 e. The summed E-state index contributed by atoms with van der Waals surface area (Å²) in [5.74, 6) is -4.70. The van der Waals surface area contributed by atoms with Gasteiger partial charge in [-0.15, -0.1) is 0 Å². The van der Waals surface area contributed by atoms with Crippen LogP contribution >= 0.6 is 0 Å². The third kappa shape index (κ3) is 2.09. The molecule has 6 heteroatoms. The van der Waals surface area contributed by atoms with E-state index in [1.54, 1.807) is 6.92 Å². The fourth-order valence-corrected chi connectivity index (χ4v) is 1.43. The minimum Gasteiger partial charge on any atom is -0.469 e. The Labute approximate surface area is 100 Å². The average Bonchev–Trinajstić information content (AvgIpc) is 2.76. The number of halogens is 3. The number of nitrogens with one attached hydrogen (secondary N) is 1. The van der Waals surface area contributed by atoms with Gasteiger partial charge in [0.1, 0.15) is 5.76 Å². The van der Waals surface area contributed by atoms with Crippen molar-refractivity contribution in [1.82, 2.24) is 0 Å². The molecule has 0 unspecified atom stereocenters. The summed E-state index contributed by atoms with van der Waals surface area (Å²) in [7, 11) is 0. The summed E-state index contributed by atoms with van der Waals surface area (Å²) in [6, 6.07) is 3.07. The summed E-state index contributed by atoms with van der Waals surface area (Å²) in [4.78, 5) is 11.7. The lowest BCUT2D eigenvalue weighted by Gasteiger charge is -2.06. The minimum atomic E-state index is -1.63. The van der Waals surface area contributed by atoms with E-state index in [0.717, 1.165) is 12.1 Å². The highest BCUT2D eigenvalue weighted by Gasteiger charge is 2.17. The van der Waals surface area contributed by atoms with Gasteiger partial charge in [0.15, 0.2) is 17.5 Å². The largest absolute Gasteiger partial charge is 0.469 e. The zero-order valence-electron chi connectivity index (χ0n) is 9.26. The molecule has 0 aliphatic heterocycles. The van der Waals surface area contributed by atoms with Gasteiger partial charge in [0.25, 0.3) is 5.91 Å². The Morgan fingerprint density at radius 1 is 1.17 bits per heavy atom. The molecule has 0 aliphatic carbocycles. The first-order chi connectivity index (χ1) is 8.50. The summed E-state index contributed by atoms with van der Waals surface area (Å²) in [6.07, 6.45) is 1.30. The Hall–Kier alpha value is -2.24. The maximum Gasteiger partial charge on any atom is 0.259 e. The molecule has 0 bridgehead atoms. The molecule has 1 aromatic carbocycles. The summed E-state index contributed by atoms with van der Waals surface area (Å²) in [5.41, 5.74) is -0.237. The average molecular weight is 255 g/mol. The summed E-state index contributed by atoms with van der Waals surface area (Å²) >= 11 is 0. The molecule has 2 rings (SSSR count). The van der Waals surface area contributed by atoms with Gasteiger partial charge in [-0.05, 0) is 25.1 Å². The van der Waals surface area contributed by atoms with Crippen molar-refractivity contribution in [2.45, 2.75) is 6.92 Å². The van der Waals surface area contributed by atoms with Crippen LogP contribution in [0, 0.1) is 24.4 Å². The van der Waals surface area contributed by atoms with Crippen LogP contribution in [0.5, 0.6) is 0 Å². The highest BCUT2D eigenvalue weighted by molar-refractivity contribution is 6.04. The van der Waals surface area contributed by atoms with Crippen LogP contribution in [-0.4, -0.2) is 5.91 Å². The number of hydrogen-bond acceptors (Lipinski definition) is 2. The van der Waals surface area contributed by atoms with Crippen LogP contribution in [0.4, 0.5) is 18.9 Å². The molecule has 1 amide bonds. The van der Waals surface area contributed by atoms with Gasteiger partial charge < -0.3 is 9.73 Å². The number of anilines is 1. The first kappa shape index (κ1) is 12.2. The second kappa shape index (κ2) is 4.56. The standard InChI is InChI=1S/C12H8F3NO2/c1-6-7(4-5-18-6)12(17)16-9-3-2-8(13)10(14)11(9)15/h2-5H,1H3,(H,16,17). The van der Waals surface area contributed by atoms with Crippen molar-refractivity contribution in [3.63, 3.8) is 0 Å². The van der Waals surface area contributed by atoms with E-state index in [4.69, 9.17) is 4.42 Å². The van der Waals surface area contributed by atoms with Gasteiger partial charge in [0.05, 0.1) is 17.5 Å². The van der Waals surface area contributed by atoms with E-state index in [9.17, 15) is 18.0 Å². The second-order valence-electron chi connectivity index (χ2n) is 3.57. The number of hydrogen-bond donors (Lipinski definition) is 1. The summed E-state index contributed by atoms with van der Waals surface area (Å²) in [5, 5.41) is 2.14. The van der Waals surface area contributed by atoms with Crippen molar-refractivity contribution in [2.24, 2.45) is 0 Å². The fourth-order valence-electron chi connectivity index (χ4n) is 1.43. The molecule has 1 heterocycles. The molecule has 2 aromatic rings. The normalized spacial score (nSPS) is 10.4. The number of carbonyl (C=O) groups is 1. The first-order valence-electron chi connectivity index (χ1n) is 4.99. The molecule has 3 nitrogen and oxygen atoms in total. The molecular formula is C12H8F3NO2. The van der Waals surface area contributed by atoms with E-state index in [-0.39, 0.29) is 5.56 Å². The topological polar surface area (TPSA) is 42.2 Å². The maximum absolute atomic E-state index is 13.3. The summed E-state index contributed by atoms with van der Waals surface area (Å²) in [6.45, 7) is 1.55.